The first kappa shape index (κ1) is 11.5. The van der Waals surface area contributed by atoms with Gasteiger partial charge in [0.15, 0.2) is 0 Å². The summed E-state index contributed by atoms with van der Waals surface area (Å²) in [6, 6.07) is 16.5. The monoisotopic (exact) mass is 226 g/mol. The zero-order chi connectivity index (χ0) is 12.3. The van der Waals surface area contributed by atoms with E-state index >= 15 is 0 Å². The normalized spacial score (nSPS) is 10.2. The fourth-order valence-electron chi connectivity index (χ4n) is 2.07. The summed E-state index contributed by atoms with van der Waals surface area (Å²) in [4.78, 5) is 2.25. The topological polar surface area (TPSA) is 29.3 Å². The Labute approximate surface area is 103 Å². The molecule has 0 saturated heterocycles. The van der Waals surface area contributed by atoms with E-state index in [2.05, 4.69) is 49.1 Å². The lowest BCUT2D eigenvalue weighted by Gasteiger charge is -2.24. The quantitative estimate of drug-likeness (QED) is 0.808. The number of rotatable bonds is 3. The largest absolute Gasteiger partial charge is 0.399 e. The van der Waals surface area contributed by atoms with Crippen LogP contribution in [0.5, 0.6) is 0 Å². The van der Waals surface area contributed by atoms with Crippen molar-refractivity contribution in [3.63, 3.8) is 0 Å². The summed E-state index contributed by atoms with van der Waals surface area (Å²) in [5.74, 6) is 0. The van der Waals surface area contributed by atoms with Gasteiger partial charge in [-0.3, -0.25) is 0 Å². The standard InChI is InChI=1S/C15H18N2/c1-3-17(14-7-5-4-6-8-14)15-10-12(2)9-13(16)11-15/h4-11H,3,16H2,1-2H3. The highest BCUT2D eigenvalue weighted by Crippen LogP contribution is 2.27. The first-order valence-electron chi connectivity index (χ1n) is 5.90. The van der Waals surface area contributed by atoms with Crippen molar-refractivity contribution in [2.45, 2.75) is 13.8 Å². The number of para-hydroxylation sites is 1. The van der Waals surface area contributed by atoms with Crippen LogP contribution in [0.3, 0.4) is 0 Å². The molecular weight excluding hydrogens is 208 g/mol. The third-order valence-electron chi connectivity index (χ3n) is 2.78. The summed E-state index contributed by atoms with van der Waals surface area (Å²) in [7, 11) is 0. The number of nitrogen functional groups attached to an aromatic ring is 1. The molecule has 0 bridgehead atoms. The average Bonchev–Trinajstić information content (AvgIpc) is 2.30. The third kappa shape index (κ3) is 2.59. The number of anilines is 3. The van der Waals surface area contributed by atoms with Gasteiger partial charge in [0.25, 0.3) is 0 Å². The predicted octanol–water partition coefficient (Wildman–Crippen LogP) is 3.74. The number of hydrogen-bond donors (Lipinski definition) is 1. The van der Waals surface area contributed by atoms with Gasteiger partial charge in [-0.15, -0.1) is 0 Å². The molecule has 0 amide bonds. The molecule has 2 aromatic carbocycles. The summed E-state index contributed by atoms with van der Waals surface area (Å²) < 4.78 is 0. The predicted molar refractivity (Wildman–Crippen MR) is 74.7 cm³/mol. The molecule has 0 aliphatic carbocycles. The van der Waals surface area contributed by atoms with Gasteiger partial charge in [0, 0.05) is 23.6 Å². The summed E-state index contributed by atoms with van der Waals surface area (Å²) in [6.45, 7) is 5.14. The van der Waals surface area contributed by atoms with E-state index in [0.717, 1.165) is 17.9 Å². The Bertz CT molecular complexity index is 471. The van der Waals surface area contributed by atoms with E-state index in [1.54, 1.807) is 0 Å². The minimum Gasteiger partial charge on any atom is -0.399 e. The lowest BCUT2D eigenvalue weighted by molar-refractivity contribution is 1.02. The van der Waals surface area contributed by atoms with Gasteiger partial charge >= 0.3 is 0 Å². The molecule has 17 heavy (non-hydrogen) atoms. The summed E-state index contributed by atoms with van der Waals surface area (Å²) in [6.07, 6.45) is 0. The molecule has 2 heteroatoms. The Morgan fingerprint density at radius 3 is 2.29 bits per heavy atom. The van der Waals surface area contributed by atoms with Crippen LogP contribution in [-0.2, 0) is 0 Å². The second-order valence-electron chi connectivity index (χ2n) is 4.18. The first-order valence-corrected chi connectivity index (χ1v) is 5.90. The zero-order valence-electron chi connectivity index (χ0n) is 10.4. The van der Waals surface area contributed by atoms with Crippen LogP contribution in [0.15, 0.2) is 48.5 Å². The van der Waals surface area contributed by atoms with Crippen LogP contribution in [0.1, 0.15) is 12.5 Å². The average molecular weight is 226 g/mol. The zero-order valence-corrected chi connectivity index (χ0v) is 10.4. The number of hydrogen-bond acceptors (Lipinski definition) is 2. The van der Waals surface area contributed by atoms with Gasteiger partial charge < -0.3 is 10.6 Å². The van der Waals surface area contributed by atoms with Crippen LogP contribution in [-0.4, -0.2) is 6.54 Å². The summed E-state index contributed by atoms with van der Waals surface area (Å²) in [5.41, 5.74) is 10.3. The molecule has 2 N–H and O–H groups in total. The maximum Gasteiger partial charge on any atom is 0.0433 e. The molecule has 0 aromatic heterocycles. The fourth-order valence-corrected chi connectivity index (χ4v) is 2.07. The smallest absolute Gasteiger partial charge is 0.0433 e. The van der Waals surface area contributed by atoms with Crippen molar-refractivity contribution in [2.75, 3.05) is 17.2 Å². The molecule has 2 rings (SSSR count). The van der Waals surface area contributed by atoms with Gasteiger partial charge in [-0.1, -0.05) is 18.2 Å². The van der Waals surface area contributed by atoms with Crippen LogP contribution in [0.25, 0.3) is 0 Å². The van der Waals surface area contributed by atoms with E-state index in [1.165, 1.54) is 11.3 Å². The summed E-state index contributed by atoms with van der Waals surface area (Å²) >= 11 is 0. The van der Waals surface area contributed by atoms with Gasteiger partial charge in [-0.05, 0) is 49.7 Å². The highest BCUT2D eigenvalue weighted by molar-refractivity contribution is 5.67. The highest BCUT2D eigenvalue weighted by Gasteiger charge is 2.07. The van der Waals surface area contributed by atoms with Crippen LogP contribution in [0.4, 0.5) is 17.1 Å². The molecule has 0 radical (unpaired) electrons. The molecule has 0 saturated carbocycles. The molecule has 88 valence electrons. The van der Waals surface area contributed by atoms with Gasteiger partial charge in [-0.25, -0.2) is 0 Å². The van der Waals surface area contributed by atoms with Crippen molar-refractivity contribution in [3.8, 4) is 0 Å². The molecule has 0 aliphatic rings. The van der Waals surface area contributed by atoms with Crippen molar-refractivity contribution in [1.82, 2.24) is 0 Å². The lowest BCUT2D eigenvalue weighted by Crippen LogP contribution is -2.16. The number of nitrogens with zero attached hydrogens (tertiary/aromatic N) is 1. The maximum atomic E-state index is 5.90. The fraction of sp³-hybridized carbons (Fsp3) is 0.200. The van der Waals surface area contributed by atoms with Crippen molar-refractivity contribution < 1.29 is 0 Å². The lowest BCUT2D eigenvalue weighted by atomic mass is 10.1. The van der Waals surface area contributed by atoms with Crippen molar-refractivity contribution in [3.05, 3.63) is 54.1 Å². The number of aryl methyl sites for hydroxylation is 1. The second-order valence-corrected chi connectivity index (χ2v) is 4.18. The van der Waals surface area contributed by atoms with Crippen molar-refractivity contribution in [2.24, 2.45) is 0 Å². The van der Waals surface area contributed by atoms with Crippen LogP contribution < -0.4 is 10.6 Å². The first-order chi connectivity index (χ1) is 8.20. The molecule has 0 unspecified atom stereocenters. The maximum absolute atomic E-state index is 5.90. The SMILES string of the molecule is CCN(c1ccccc1)c1cc(C)cc(N)c1. The van der Waals surface area contributed by atoms with Gasteiger partial charge in [0.2, 0.25) is 0 Å². The Morgan fingerprint density at radius 2 is 1.71 bits per heavy atom. The van der Waals surface area contributed by atoms with Gasteiger partial charge in [-0.2, -0.15) is 0 Å². The van der Waals surface area contributed by atoms with E-state index in [9.17, 15) is 0 Å². The van der Waals surface area contributed by atoms with Crippen molar-refractivity contribution in [1.29, 1.82) is 0 Å². The molecule has 2 aromatic rings. The minimum atomic E-state index is 0.814. The van der Waals surface area contributed by atoms with Crippen LogP contribution in [0, 0.1) is 6.92 Å². The Hall–Kier alpha value is -1.96. The van der Waals surface area contributed by atoms with Gasteiger partial charge in [0.1, 0.15) is 0 Å². The second kappa shape index (κ2) is 4.91. The molecule has 0 aliphatic heterocycles. The van der Waals surface area contributed by atoms with E-state index in [0.29, 0.717) is 0 Å². The Balaban J connectivity index is 2.42. The van der Waals surface area contributed by atoms with Crippen molar-refractivity contribution >= 4 is 17.1 Å². The Kier molecular flexibility index (Phi) is 3.33. The minimum absolute atomic E-state index is 0.814. The van der Waals surface area contributed by atoms with E-state index in [1.807, 2.05) is 18.2 Å². The molecule has 0 atom stereocenters. The van der Waals surface area contributed by atoms with Gasteiger partial charge in [0.05, 0.1) is 0 Å². The van der Waals surface area contributed by atoms with E-state index in [4.69, 9.17) is 5.73 Å². The highest BCUT2D eigenvalue weighted by atomic mass is 15.1. The molecule has 0 heterocycles. The molecular formula is C15H18N2. The third-order valence-corrected chi connectivity index (χ3v) is 2.78. The van der Waals surface area contributed by atoms with Crippen LogP contribution >= 0.6 is 0 Å². The van der Waals surface area contributed by atoms with E-state index < -0.39 is 0 Å². The molecule has 2 nitrogen and oxygen atoms in total. The molecule has 0 spiro atoms. The molecule has 0 fully saturated rings. The van der Waals surface area contributed by atoms with E-state index in [-0.39, 0.29) is 0 Å². The number of nitrogens with two attached hydrogens (primary N) is 1. The van der Waals surface area contributed by atoms with Crippen LogP contribution in [0.2, 0.25) is 0 Å². The number of benzene rings is 2. The Morgan fingerprint density at radius 1 is 1.00 bits per heavy atom. The summed E-state index contributed by atoms with van der Waals surface area (Å²) in [5, 5.41) is 0.